The highest BCUT2D eigenvalue weighted by molar-refractivity contribution is 7.18. The smallest absolute Gasteiger partial charge is 0.137 e. The molecule has 1 aliphatic heterocycles. The van der Waals surface area contributed by atoms with Crippen molar-refractivity contribution in [2.75, 3.05) is 26.9 Å². The largest absolute Gasteiger partial charge is 0.490 e. The van der Waals surface area contributed by atoms with Crippen molar-refractivity contribution in [3.05, 3.63) is 71.4 Å². The van der Waals surface area contributed by atoms with Gasteiger partial charge in [0.05, 0.1) is 41.3 Å². The molecule has 0 aliphatic carbocycles. The van der Waals surface area contributed by atoms with Crippen molar-refractivity contribution in [1.82, 2.24) is 29.9 Å². The Morgan fingerprint density at radius 2 is 1.91 bits per heavy atom. The number of hydrogen-bond donors (Lipinski definition) is 1. The van der Waals surface area contributed by atoms with Crippen LogP contribution in [-0.4, -0.2) is 51.4 Å². The number of thiophene rings is 1. The highest BCUT2D eigenvalue weighted by atomic mass is 32.1. The lowest BCUT2D eigenvalue weighted by Gasteiger charge is -2.27. The molecule has 2 aromatic carbocycles. The lowest BCUT2D eigenvalue weighted by molar-refractivity contribution is 0.146. The van der Waals surface area contributed by atoms with Crippen LogP contribution < -0.4 is 10.1 Å². The lowest BCUT2D eigenvalue weighted by Crippen LogP contribution is -2.34. The second-order valence-electron chi connectivity index (χ2n) is 10.9. The van der Waals surface area contributed by atoms with Crippen LogP contribution in [0.3, 0.4) is 0 Å². The Bertz CT molecular complexity index is 1970. The van der Waals surface area contributed by atoms with E-state index >= 15 is 4.39 Å². The summed E-state index contributed by atoms with van der Waals surface area (Å²) in [4.78, 5) is 5.24. The molecule has 1 aliphatic rings. The summed E-state index contributed by atoms with van der Waals surface area (Å²) in [7, 11) is 3.46. The molecule has 6 aromatic rings. The monoisotopic (exact) mass is 600 g/mol. The Labute approximate surface area is 250 Å². The van der Waals surface area contributed by atoms with Crippen molar-refractivity contribution in [2.45, 2.75) is 25.9 Å². The summed E-state index contributed by atoms with van der Waals surface area (Å²) < 4.78 is 46.2. The number of methoxy groups -OCH3 is 1. The fourth-order valence-corrected chi connectivity index (χ4v) is 6.80. The fourth-order valence-electron chi connectivity index (χ4n) is 5.85. The lowest BCUT2D eigenvalue weighted by atomic mass is 9.96. The van der Waals surface area contributed by atoms with Crippen LogP contribution in [0.4, 0.5) is 8.78 Å². The third kappa shape index (κ3) is 4.68. The maximum absolute atomic E-state index is 16.0. The van der Waals surface area contributed by atoms with Gasteiger partial charge in [-0.25, -0.2) is 13.8 Å². The van der Waals surface area contributed by atoms with Crippen LogP contribution in [0.15, 0.2) is 54.0 Å². The second-order valence-corrected chi connectivity index (χ2v) is 11.8. The Hall–Kier alpha value is -4.19. The number of aryl methyl sites for hydroxylation is 1. The van der Waals surface area contributed by atoms with Gasteiger partial charge in [-0.05, 0) is 43.5 Å². The third-order valence-corrected chi connectivity index (χ3v) is 8.96. The number of ether oxygens (including phenoxy) is 2. The van der Waals surface area contributed by atoms with Crippen LogP contribution in [0.5, 0.6) is 5.75 Å². The van der Waals surface area contributed by atoms with Gasteiger partial charge in [-0.1, -0.05) is 6.07 Å². The normalized spacial score (nSPS) is 16.7. The number of nitrogens with one attached hydrogen (secondary N) is 1. The molecule has 0 saturated heterocycles. The predicted molar refractivity (Wildman–Crippen MR) is 164 cm³/mol. The maximum Gasteiger partial charge on any atom is 0.137 e. The molecule has 0 spiro atoms. The van der Waals surface area contributed by atoms with Gasteiger partial charge in [0.1, 0.15) is 35.4 Å². The molecule has 5 heterocycles. The molecule has 0 unspecified atom stereocenters. The van der Waals surface area contributed by atoms with Crippen molar-refractivity contribution in [3.8, 4) is 39.5 Å². The first-order valence-corrected chi connectivity index (χ1v) is 15.0. The minimum absolute atomic E-state index is 0.0781. The quantitative estimate of drug-likeness (QED) is 0.201. The molecule has 1 N–H and O–H groups in total. The van der Waals surface area contributed by atoms with E-state index in [1.807, 2.05) is 52.3 Å². The molecule has 7 rings (SSSR count). The molecule has 8 nitrogen and oxygen atoms in total. The van der Waals surface area contributed by atoms with E-state index in [0.717, 1.165) is 50.6 Å². The number of aromatic nitrogens is 5. The third-order valence-electron chi connectivity index (χ3n) is 8.03. The molecule has 0 radical (unpaired) electrons. The van der Waals surface area contributed by atoms with Crippen LogP contribution in [0.25, 0.3) is 54.8 Å². The van der Waals surface area contributed by atoms with E-state index in [1.165, 1.54) is 17.4 Å². The van der Waals surface area contributed by atoms with E-state index < -0.39 is 11.6 Å². The van der Waals surface area contributed by atoms with Crippen LogP contribution >= 0.6 is 11.3 Å². The van der Waals surface area contributed by atoms with Gasteiger partial charge >= 0.3 is 0 Å². The molecular weight excluding hydrogens is 570 g/mol. The number of pyridine rings is 1. The van der Waals surface area contributed by atoms with Crippen LogP contribution in [-0.2, 0) is 11.8 Å². The zero-order valence-electron chi connectivity index (χ0n) is 24.2. The Kier molecular flexibility index (Phi) is 6.95. The van der Waals surface area contributed by atoms with E-state index in [1.54, 1.807) is 7.11 Å². The molecule has 0 fully saturated rings. The van der Waals surface area contributed by atoms with E-state index in [2.05, 4.69) is 30.3 Å². The number of nitrogens with zero attached hydrogens (tertiary/aromatic N) is 5. The van der Waals surface area contributed by atoms with E-state index in [9.17, 15) is 4.39 Å². The van der Waals surface area contributed by atoms with Gasteiger partial charge in [0.25, 0.3) is 0 Å². The average molecular weight is 601 g/mol. The summed E-state index contributed by atoms with van der Waals surface area (Å²) in [6, 6.07) is 12.4. The number of rotatable bonds is 7. The Morgan fingerprint density at radius 3 is 2.72 bits per heavy atom. The highest BCUT2D eigenvalue weighted by Crippen LogP contribution is 2.47. The standard InChI is InChI=1S/C32H30F2N6O2S/c1-17-15-35-18(2)26-14-24(38-40(17)26)31-29(28-23(34)12-21(33)13-27(28)42-9-8-41-4)32-22(7-10-43-32)30(37-31)19-5-6-25-20(11-19)16-36-39(25)3/h5-7,10-14,16-18,35H,8-9,15H2,1-4H3/t17-,18+/m0/s1. The molecule has 43 heavy (non-hydrogen) atoms. The molecule has 220 valence electrons. The van der Waals surface area contributed by atoms with Gasteiger partial charge in [0, 0.05) is 65.5 Å². The summed E-state index contributed by atoms with van der Waals surface area (Å²) in [5.41, 5.74) is 5.44. The zero-order chi connectivity index (χ0) is 29.8. The van der Waals surface area contributed by atoms with E-state index in [4.69, 9.17) is 19.6 Å². The number of fused-ring (bicyclic) bond motifs is 3. The number of benzene rings is 2. The summed E-state index contributed by atoms with van der Waals surface area (Å²) >= 11 is 1.48. The first-order chi connectivity index (χ1) is 20.8. The first-order valence-electron chi connectivity index (χ1n) is 14.1. The molecule has 11 heteroatoms. The fraction of sp³-hybridized carbons (Fsp3) is 0.281. The van der Waals surface area contributed by atoms with E-state index in [0.29, 0.717) is 17.0 Å². The van der Waals surface area contributed by atoms with Crippen LogP contribution in [0.1, 0.15) is 31.6 Å². The second kappa shape index (κ2) is 10.8. The van der Waals surface area contributed by atoms with Crippen molar-refractivity contribution in [2.24, 2.45) is 7.05 Å². The SMILES string of the molecule is COCCOc1cc(F)cc(F)c1-c1c(-c2cc3n(n2)[C@@H](C)CN[C@@H]3C)nc(-c2ccc3c(cnn3C)c2)c2ccsc12. The predicted octanol–water partition coefficient (Wildman–Crippen LogP) is 6.91. The molecular formula is C32H30F2N6O2S. The van der Waals surface area contributed by atoms with Gasteiger partial charge in [-0.15, -0.1) is 11.3 Å². The minimum atomic E-state index is -0.734. The molecule has 4 aromatic heterocycles. The number of hydrogen-bond acceptors (Lipinski definition) is 7. The van der Waals surface area contributed by atoms with Crippen molar-refractivity contribution < 1.29 is 18.3 Å². The van der Waals surface area contributed by atoms with Gasteiger partial charge in [-0.2, -0.15) is 10.2 Å². The Balaban J connectivity index is 1.53. The van der Waals surface area contributed by atoms with Gasteiger partial charge in [0.15, 0.2) is 0 Å². The summed E-state index contributed by atoms with van der Waals surface area (Å²) in [6.45, 7) is 5.37. The molecule has 0 saturated carbocycles. The Morgan fingerprint density at radius 1 is 1.05 bits per heavy atom. The van der Waals surface area contributed by atoms with Gasteiger partial charge < -0.3 is 14.8 Å². The minimum Gasteiger partial charge on any atom is -0.490 e. The number of halogens is 2. The highest BCUT2D eigenvalue weighted by Gasteiger charge is 2.29. The van der Waals surface area contributed by atoms with Crippen molar-refractivity contribution in [1.29, 1.82) is 0 Å². The summed E-state index contributed by atoms with van der Waals surface area (Å²) in [6.07, 6.45) is 1.83. The first kappa shape index (κ1) is 27.6. The van der Waals surface area contributed by atoms with Gasteiger partial charge in [-0.3, -0.25) is 9.36 Å². The summed E-state index contributed by atoms with van der Waals surface area (Å²) in [5.74, 6) is -1.37. The van der Waals surface area contributed by atoms with Crippen molar-refractivity contribution >= 4 is 32.3 Å². The average Bonchev–Trinajstić information content (AvgIpc) is 3.74. The summed E-state index contributed by atoms with van der Waals surface area (Å²) in [5, 5.41) is 16.7. The molecule has 2 atom stereocenters. The zero-order valence-corrected chi connectivity index (χ0v) is 25.0. The topological polar surface area (TPSA) is 79.0 Å². The van der Waals surface area contributed by atoms with Crippen LogP contribution in [0, 0.1) is 11.6 Å². The van der Waals surface area contributed by atoms with Crippen molar-refractivity contribution in [3.63, 3.8) is 0 Å². The molecule has 0 amide bonds. The maximum atomic E-state index is 16.0. The van der Waals surface area contributed by atoms with E-state index in [-0.39, 0.29) is 36.6 Å². The van der Waals surface area contributed by atoms with Gasteiger partial charge in [0.2, 0.25) is 0 Å². The molecule has 0 bridgehead atoms. The van der Waals surface area contributed by atoms with Crippen LogP contribution in [0.2, 0.25) is 0 Å².